The Morgan fingerprint density at radius 1 is 1.37 bits per heavy atom. The van der Waals surface area contributed by atoms with Gasteiger partial charge in [-0.15, -0.1) is 11.3 Å². The van der Waals surface area contributed by atoms with Crippen molar-refractivity contribution < 1.29 is 4.79 Å². The molecule has 0 bridgehead atoms. The summed E-state index contributed by atoms with van der Waals surface area (Å²) in [6.45, 7) is 4.24. The fourth-order valence-corrected chi connectivity index (χ4v) is 2.25. The zero-order valence-electron chi connectivity index (χ0n) is 10.8. The predicted molar refractivity (Wildman–Crippen MR) is 72.7 cm³/mol. The lowest BCUT2D eigenvalue weighted by molar-refractivity contribution is 0.237. The third-order valence-corrected chi connectivity index (χ3v) is 3.50. The smallest absolute Gasteiger partial charge is 0.315 e. The number of urea groups is 1. The summed E-state index contributed by atoms with van der Waals surface area (Å²) in [7, 11) is 0. The minimum Gasteiger partial charge on any atom is -0.332 e. The van der Waals surface area contributed by atoms with Crippen LogP contribution in [0.5, 0.6) is 0 Å². The summed E-state index contributed by atoms with van der Waals surface area (Å²) in [4.78, 5) is 25.1. The van der Waals surface area contributed by atoms with Crippen LogP contribution in [0.2, 0.25) is 0 Å². The van der Waals surface area contributed by atoms with E-state index >= 15 is 0 Å². The maximum Gasteiger partial charge on any atom is 0.315 e. The molecular weight excluding hydrogens is 262 g/mol. The third kappa shape index (κ3) is 3.99. The van der Waals surface area contributed by atoms with E-state index in [0.717, 1.165) is 15.6 Å². The molecular formula is C12H15N5OS. The van der Waals surface area contributed by atoms with Crippen molar-refractivity contribution in [2.75, 3.05) is 0 Å². The van der Waals surface area contributed by atoms with E-state index in [9.17, 15) is 4.79 Å². The van der Waals surface area contributed by atoms with Gasteiger partial charge in [-0.3, -0.25) is 9.97 Å². The van der Waals surface area contributed by atoms with Crippen molar-refractivity contribution in [3.8, 4) is 0 Å². The molecule has 2 rings (SSSR count). The van der Waals surface area contributed by atoms with Crippen molar-refractivity contribution in [1.82, 2.24) is 25.6 Å². The summed E-state index contributed by atoms with van der Waals surface area (Å²) in [5.41, 5.74) is 0.718. The molecule has 0 aromatic carbocycles. The largest absolute Gasteiger partial charge is 0.332 e. The van der Waals surface area contributed by atoms with Crippen LogP contribution in [0.4, 0.5) is 4.79 Å². The summed E-state index contributed by atoms with van der Waals surface area (Å²) in [6.07, 6.45) is 6.61. The van der Waals surface area contributed by atoms with Crippen LogP contribution in [0.15, 0.2) is 24.8 Å². The van der Waals surface area contributed by atoms with E-state index in [1.807, 2.05) is 13.8 Å². The molecule has 0 radical (unpaired) electrons. The van der Waals surface area contributed by atoms with Gasteiger partial charge in [-0.25, -0.2) is 9.78 Å². The highest BCUT2D eigenvalue weighted by atomic mass is 32.1. The number of nitrogens with zero attached hydrogens (tertiary/aromatic N) is 3. The van der Waals surface area contributed by atoms with Crippen LogP contribution >= 0.6 is 11.3 Å². The lowest BCUT2D eigenvalue weighted by atomic mass is 10.3. The number of amides is 2. The number of hydrogen-bond donors (Lipinski definition) is 2. The van der Waals surface area contributed by atoms with Crippen LogP contribution < -0.4 is 10.6 Å². The van der Waals surface area contributed by atoms with Crippen LogP contribution in [0.1, 0.15) is 28.5 Å². The molecule has 0 saturated carbocycles. The summed E-state index contributed by atoms with van der Waals surface area (Å²) < 4.78 is 0. The lowest BCUT2D eigenvalue weighted by Gasteiger charge is -2.12. The summed E-state index contributed by atoms with van der Waals surface area (Å²) in [5, 5.41) is 6.46. The van der Waals surface area contributed by atoms with Crippen molar-refractivity contribution >= 4 is 17.4 Å². The van der Waals surface area contributed by atoms with Gasteiger partial charge in [0.2, 0.25) is 0 Å². The van der Waals surface area contributed by atoms with E-state index in [0.29, 0.717) is 6.54 Å². The first-order valence-electron chi connectivity index (χ1n) is 5.86. The molecule has 2 amide bonds. The van der Waals surface area contributed by atoms with Gasteiger partial charge >= 0.3 is 6.03 Å². The minimum atomic E-state index is -0.244. The molecule has 100 valence electrons. The fourth-order valence-electron chi connectivity index (χ4n) is 1.47. The molecule has 1 atom stereocenters. The van der Waals surface area contributed by atoms with Crippen LogP contribution in [0.3, 0.4) is 0 Å². The minimum absolute atomic E-state index is 0.111. The molecule has 2 aromatic rings. The molecule has 0 aliphatic heterocycles. The van der Waals surface area contributed by atoms with Gasteiger partial charge in [-0.1, -0.05) is 0 Å². The summed E-state index contributed by atoms with van der Waals surface area (Å²) in [5.74, 6) is 0. The Balaban J connectivity index is 1.81. The van der Waals surface area contributed by atoms with E-state index in [2.05, 4.69) is 25.6 Å². The first-order chi connectivity index (χ1) is 9.15. The zero-order chi connectivity index (χ0) is 13.7. The second-order valence-corrected chi connectivity index (χ2v) is 5.32. The number of hydrogen-bond acceptors (Lipinski definition) is 5. The predicted octanol–water partition coefficient (Wildman–Crippen LogP) is 1.80. The standard InChI is InChI=1S/C12H15N5OS/c1-8-5-15-11(19-8)9(2)17-12(18)16-7-10-6-13-3-4-14-10/h3-6,9H,7H2,1-2H3,(H2,16,17,18)/t9-/m0/s1. The Bertz CT molecular complexity index is 542. The first kappa shape index (κ1) is 13.4. The molecule has 0 spiro atoms. The molecule has 6 nitrogen and oxygen atoms in total. The van der Waals surface area contributed by atoms with Gasteiger partial charge in [-0.05, 0) is 13.8 Å². The maximum absolute atomic E-state index is 11.7. The molecule has 0 aliphatic rings. The number of nitrogens with one attached hydrogen (secondary N) is 2. The highest BCUT2D eigenvalue weighted by Gasteiger charge is 2.12. The molecule has 0 saturated heterocycles. The summed E-state index contributed by atoms with van der Waals surface area (Å²) >= 11 is 1.58. The van der Waals surface area contributed by atoms with Gasteiger partial charge in [0, 0.05) is 23.5 Å². The number of carbonyl (C=O) groups excluding carboxylic acids is 1. The van der Waals surface area contributed by atoms with E-state index in [-0.39, 0.29) is 12.1 Å². The molecule has 19 heavy (non-hydrogen) atoms. The van der Waals surface area contributed by atoms with Crippen molar-refractivity contribution in [1.29, 1.82) is 0 Å². The van der Waals surface area contributed by atoms with E-state index in [1.165, 1.54) is 0 Å². The van der Waals surface area contributed by atoms with Crippen molar-refractivity contribution in [3.63, 3.8) is 0 Å². The Morgan fingerprint density at radius 2 is 2.21 bits per heavy atom. The topological polar surface area (TPSA) is 79.8 Å². The number of aromatic nitrogens is 3. The van der Waals surface area contributed by atoms with Gasteiger partial charge in [0.1, 0.15) is 5.01 Å². The van der Waals surface area contributed by atoms with Crippen molar-refractivity contribution in [2.45, 2.75) is 26.4 Å². The van der Waals surface area contributed by atoms with Crippen LogP contribution in [-0.4, -0.2) is 21.0 Å². The highest BCUT2D eigenvalue weighted by Crippen LogP contribution is 2.18. The van der Waals surface area contributed by atoms with Gasteiger partial charge in [-0.2, -0.15) is 0 Å². The Labute approximate surface area is 115 Å². The number of thiazole rings is 1. The molecule has 0 unspecified atom stereocenters. The van der Waals surface area contributed by atoms with E-state index in [1.54, 1.807) is 36.1 Å². The van der Waals surface area contributed by atoms with Gasteiger partial charge in [0.05, 0.1) is 24.5 Å². The maximum atomic E-state index is 11.7. The highest BCUT2D eigenvalue weighted by molar-refractivity contribution is 7.11. The molecule has 2 N–H and O–H groups in total. The van der Waals surface area contributed by atoms with Gasteiger partial charge < -0.3 is 10.6 Å². The summed E-state index contributed by atoms with van der Waals surface area (Å²) in [6, 6.07) is -0.355. The number of aryl methyl sites for hydroxylation is 1. The van der Waals surface area contributed by atoms with Gasteiger partial charge in [0.15, 0.2) is 0 Å². The molecule has 0 fully saturated rings. The van der Waals surface area contributed by atoms with Crippen LogP contribution in [-0.2, 0) is 6.54 Å². The molecule has 0 aliphatic carbocycles. The quantitative estimate of drug-likeness (QED) is 0.893. The third-order valence-electron chi connectivity index (χ3n) is 2.40. The Kier molecular flexibility index (Phi) is 4.40. The first-order valence-corrected chi connectivity index (χ1v) is 6.68. The molecule has 2 aromatic heterocycles. The fraction of sp³-hybridized carbons (Fsp3) is 0.333. The second kappa shape index (κ2) is 6.24. The van der Waals surface area contributed by atoms with Crippen LogP contribution in [0.25, 0.3) is 0 Å². The normalized spacial score (nSPS) is 11.9. The zero-order valence-corrected chi connectivity index (χ0v) is 11.6. The van der Waals surface area contributed by atoms with Crippen molar-refractivity contribution in [3.05, 3.63) is 40.4 Å². The second-order valence-electron chi connectivity index (χ2n) is 4.05. The average molecular weight is 277 g/mol. The number of carbonyl (C=O) groups is 1. The monoisotopic (exact) mass is 277 g/mol. The van der Waals surface area contributed by atoms with E-state index < -0.39 is 0 Å². The van der Waals surface area contributed by atoms with Crippen molar-refractivity contribution in [2.24, 2.45) is 0 Å². The van der Waals surface area contributed by atoms with E-state index in [4.69, 9.17) is 0 Å². The van der Waals surface area contributed by atoms with Gasteiger partial charge in [0.25, 0.3) is 0 Å². The molecule has 2 heterocycles. The van der Waals surface area contributed by atoms with Crippen LogP contribution in [0, 0.1) is 6.92 Å². The Morgan fingerprint density at radius 3 is 2.84 bits per heavy atom. The lowest BCUT2D eigenvalue weighted by Crippen LogP contribution is -2.36. The number of rotatable bonds is 4. The molecule has 7 heteroatoms. The average Bonchev–Trinajstić information content (AvgIpc) is 2.84. The SMILES string of the molecule is Cc1cnc([C@H](C)NC(=O)NCc2cnccn2)s1. The Hall–Kier alpha value is -2.02.